The first kappa shape index (κ1) is 84.7. The maximum Gasteiger partial charge on any atom is 0.410 e. The molecular formula is C64H83N5O29. The molecule has 98 heavy (non-hydrogen) atoms. The first-order chi connectivity index (χ1) is 46.0. The van der Waals surface area contributed by atoms with Crippen LogP contribution in [0.25, 0.3) is 0 Å². The van der Waals surface area contributed by atoms with Gasteiger partial charge in [0.1, 0.15) is 118 Å². The van der Waals surface area contributed by atoms with Crippen molar-refractivity contribution >= 4 is 84.0 Å². The molecule has 34 heteroatoms. The Morgan fingerprint density at radius 2 is 0.592 bits per heavy atom. The van der Waals surface area contributed by atoms with E-state index in [1.165, 1.54) is 40.7 Å². The first-order valence-corrected chi connectivity index (χ1v) is 28.9. The molecule has 0 radical (unpaired) electrons. The molecule has 0 aromatic rings. The molecule has 5 amide bonds. The number of nitrogens with one attached hydrogen (secondary N) is 5. The maximum atomic E-state index is 14.8. The Balaban J connectivity index is 4.73. The fraction of sp³-hybridized carbons (Fsp3) is 0.438. The predicted octanol–water partition coefficient (Wildman–Crippen LogP) is 2.94. The van der Waals surface area contributed by atoms with E-state index in [1.54, 1.807) is 0 Å². The molecule has 1 heterocycles. The minimum Gasteiger partial charge on any atom is -0.492 e. The van der Waals surface area contributed by atoms with Crippen molar-refractivity contribution < 1.29 is 138 Å². The van der Waals surface area contributed by atoms with Crippen LogP contribution in [0.2, 0.25) is 0 Å². The summed E-state index contributed by atoms with van der Waals surface area (Å²) in [5, 5.41) is 12.2. The van der Waals surface area contributed by atoms with Gasteiger partial charge in [0.2, 0.25) is 12.2 Å². The quantitative estimate of drug-likeness (QED) is 0.0192. The molecule has 1 saturated heterocycles. The molecule has 0 spiro atoms. The van der Waals surface area contributed by atoms with Crippen LogP contribution in [0.1, 0.15) is 47.5 Å². The van der Waals surface area contributed by atoms with E-state index >= 15 is 0 Å². The molecule has 0 bridgehead atoms. The molecule has 0 saturated carbocycles. The van der Waals surface area contributed by atoms with Crippen LogP contribution >= 0.6 is 0 Å². The fourth-order valence-electron chi connectivity index (χ4n) is 7.66. The monoisotopic (exact) mass is 1390 g/mol. The Morgan fingerprint density at radius 3 is 0.878 bits per heavy atom. The lowest BCUT2D eigenvalue weighted by molar-refractivity contribution is -0.271. The Kier molecular flexibility index (Phi) is 35.9. The Morgan fingerprint density at radius 1 is 0.337 bits per heavy atom. The SMILES string of the molecule is C=CC(=C)OCC(C)(COC(=O)C=C)NC(=O)OC1C(OC(=O)NC(C)(COC(=O)C=C)COC(=O)C=C)OC(COC(=O)NC(C)(COC(=O)C=C)COC(=O)C=C)C(OC(=O)NC(C)(COC(=O)C=C)COC(=O)C=C)C1CCC(=O)NC(C)(COC(=O)C=C)COC(=O)C=C. The highest BCUT2D eigenvalue weighted by atomic mass is 16.7. The Bertz CT molecular complexity index is 2920. The highest BCUT2D eigenvalue weighted by Crippen LogP contribution is 2.36. The number of ether oxygens (including phenoxy) is 15. The zero-order valence-corrected chi connectivity index (χ0v) is 55.0. The minimum absolute atomic E-state index is 0.0507. The Labute approximate surface area is 564 Å². The van der Waals surface area contributed by atoms with Gasteiger partial charge in [-0.2, -0.15) is 0 Å². The molecular weight excluding hydrogens is 1300 g/mol. The topological polar surface area (TPSA) is 438 Å². The summed E-state index contributed by atoms with van der Waals surface area (Å²) in [5.74, 6) is -12.0. The van der Waals surface area contributed by atoms with E-state index in [9.17, 15) is 67.1 Å². The molecule has 0 aromatic carbocycles. The van der Waals surface area contributed by atoms with E-state index in [0.717, 1.165) is 54.7 Å². The molecule has 0 aromatic heterocycles. The van der Waals surface area contributed by atoms with Gasteiger partial charge in [-0.3, -0.25) is 4.79 Å². The zero-order chi connectivity index (χ0) is 74.5. The summed E-state index contributed by atoms with van der Waals surface area (Å²) < 4.78 is 82.3. The van der Waals surface area contributed by atoms with E-state index in [2.05, 4.69) is 99.0 Å². The average Bonchev–Trinajstić information content (AvgIpc) is 0.779. The van der Waals surface area contributed by atoms with E-state index < -0.39 is 228 Å². The zero-order valence-electron chi connectivity index (χ0n) is 55.0. The van der Waals surface area contributed by atoms with Gasteiger partial charge in [0.15, 0.2) is 6.10 Å². The van der Waals surface area contributed by atoms with E-state index in [-0.39, 0.29) is 5.76 Å². The summed E-state index contributed by atoms with van der Waals surface area (Å²) in [4.78, 5) is 184. The Hall–Kier alpha value is -11.3. The van der Waals surface area contributed by atoms with Gasteiger partial charge in [-0.05, 0) is 47.1 Å². The molecule has 0 aliphatic carbocycles. The van der Waals surface area contributed by atoms with Crippen LogP contribution in [-0.4, -0.2) is 209 Å². The number of carbonyl (C=O) groups excluding carboxylic acids is 14. The molecule has 1 rings (SSSR count). The number of hydrogen-bond donors (Lipinski definition) is 5. The van der Waals surface area contributed by atoms with Crippen molar-refractivity contribution in [1.29, 1.82) is 0 Å². The van der Waals surface area contributed by atoms with E-state index in [4.69, 9.17) is 71.1 Å². The minimum atomic E-state index is -2.42. The van der Waals surface area contributed by atoms with Crippen molar-refractivity contribution in [2.45, 2.75) is 99.8 Å². The van der Waals surface area contributed by atoms with Gasteiger partial charge >= 0.3 is 78.1 Å². The van der Waals surface area contributed by atoms with Gasteiger partial charge in [0, 0.05) is 67.0 Å². The van der Waals surface area contributed by atoms with Crippen LogP contribution in [0.4, 0.5) is 19.2 Å². The van der Waals surface area contributed by atoms with Crippen molar-refractivity contribution in [3.05, 3.63) is 139 Å². The summed E-state index contributed by atoms with van der Waals surface area (Å²) in [6.45, 7) is 35.0. The summed E-state index contributed by atoms with van der Waals surface area (Å²) in [7, 11) is 0. The number of rotatable bonds is 44. The number of amides is 5. The van der Waals surface area contributed by atoms with Crippen molar-refractivity contribution in [2.75, 3.05) is 72.7 Å². The summed E-state index contributed by atoms with van der Waals surface area (Å²) in [5.41, 5.74) is -9.39. The van der Waals surface area contributed by atoms with Crippen molar-refractivity contribution in [3.63, 3.8) is 0 Å². The molecule has 5 N–H and O–H groups in total. The van der Waals surface area contributed by atoms with Gasteiger partial charge in [0.05, 0.1) is 0 Å². The number of allylic oxidation sites excluding steroid dienone is 1. The van der Waals surface area contributed by atoms with Gasteiger partial charge < -0.3 is 97.6 Å². The van der Waals surface area contributed by atoms with Gasteiger partial charge in [-0.1, -0.05) is 72.4 Å². The predicted molar refractivity (Wildman–Crippen MR) is 338 cm³/mol. The third kappa shape index (κ3) is 32.2. The smallest absolute Gasteiger partial charge is 0.410 e. The standard InChI is InChI=1S/C64H83N5O29/c1-17-40(11)85-30-61(13,33-88-46(73)20-4)68-58(82)97-54-41(27-28-43(70)65-60(12,31-86-44(71)18-2)32-87-45(72)19-3)53(96-57(81)67-63(15,36-91-49(76)23-7)37-92-50(77)24-8)42(29-84-56(80)66-62(14,34-89-47(74)21-5)35-90-48(75)22-6)95-55(54)98-59(83)69-64(16,38-93-51(78)25-9)39-94-52(79)26-10/h17-26,41-42,53-55H,1-11,27-39H2,12-16H3,(H,65,70)(H,66,80)(H,67,81)(H,68,82)(H,69,83). The van der Waals surface area contributed by atoms with Crippen LogP contribution in [-0.2, 0) is 119 Å². The average molecular weight is 1390 g/mol. The van der Waals surface area contributed by atoms with Crippen LogP contribution in [0.3, 0.4) is 0 Å². The highest BCUT2D eigenvalue weighted by molar-refractivity contribution is 5.85. The van der Waals surface area contributed by atoms with Crippen molar-refractivity contribution in [3.8, 4) is 0 Å². The third-order valence-corrected chi connectivity index (χ3v) is 12.7. The van der Waals surface area contributed by atoms with Crippen LogP contribution in [0.15, 0.2) is 139 Å². The van der Waals surface area contributed by atoms with E-state index in [0.29, 0.717) is 0 Å². The second-order valence-electron chi connectivity index (χ2n) is 22.1. The van der Waals surface area contributed by atoms with Gasteiger partial charge in [-0.15, -0.1) is 0 Å². The summed E-state index contributed by atoms with van der Waals surface area (Å²) in [6, 6.07) is 0. The highest BCUT2D eigenvalue weighted by Gasteiger charge is 2.54. The summed E-state index contributed by atoms with van der Waals surface area (Å²) in [6.07, 6.45) is -8.41. The lowest BCUT2D eigenvalue weighted by Crippen LogP contribution is -2.63. The lowest BCUT2D eigenvalue weighted by atomic mass is 9.84. The fourth-order valence-corrected chi connectivity index (χ4v) is 7.66. The van der Waals surface area contributed by atoms with E-state index in [1.807, 2.05) is 0 Å². The third-order valence-electron chi connectivity index (χ3n) is 12.7. The van der Waals surface area contributed by atoms with Crippen molar-refractivity contribution in [2.24, 2.45) is 5.92 Å². The number of carbonyl (C=O) groups is 14. The maximum absolute atomic E-state index is 14.8. The van der Waals surface area contributed by atoms with Crippen LogP contribution in [0.5, 0.6) is 0 Å². The normalized spacial score (nSPS) is 16.1. The molecule has 1 fully saturated rings. The largest absolute Gasteiger partial charge is 0.492 e. The summed E-state index contributed by atoms with van der Waals surface area (Å²) >= 11 is 0. The first-order valence-electron chi connectivity index (χ1n) is 28.9. The van der Waals surface area contributed by atoms with Gasteiger partial charge in [-0.25, -0.2) is 62.3 Å². The molecule has 6 unspecified atom stereocenters. The van der Waals surface area contributed by atoms with Crippen LogP contribution < -0.4 is 26.6 Å². The molecule has 34 nitrogen and oxygen atoms in total. The van der Waals surface area contributed by atoms with Crippen molar-refractivity contribution in [1.82, 2.24) is 26.6 Å². The molecule has 1 aliphatic rings. The molecule has 6 atom stereocenters. The number of hydrogen-bond acceptors (Lipinski definition) is 29. The second-order valence-corrected chi connectivity index (χ2v) is 22.1. The van der Waals surface area contributed by atoms with Gasteiger partial charge in [0.25, 0.3) is 0 Å². The molecule has 538 valence electrons. The number of alkyl carbamates (subject to hydrolysis) is 4. The van der Waals surface area contributed by atoms with Crippen LogP contribution in [0, 0.1) is 5.92 Å². The molecule has 1 aliphatic heterocycles. The number of esters is 9. The lowest BCUT2D eigenvalue weighted by Gasteiger charge is -2.45. The second kappa shape index (κ2) is 41.5.